The van der Waals surface area contributed by atoms with Gasteiger partial charge in [0.15, 0.2) is 29.6 Å². The van der Waals surface area contributed by atoms with Crippen LogP contribution in [0.5, 0.6) is 5.75 Å². The van der Waals surface area contributed by atoms with Crippen molar-refractivity contribution in [2.75, 3.05) is 26.5 Å². The molecule has 21 nitrogen and oxygen atoms in total. The first kappa shape index (κ1) is 59.7. The van der Waals surface area contributed by atoms with E-state index in [9.17, 15) is 42.3 Å². The zero-order chi connectivity index (χ0) is 50.8. The number of halogens is 2. The maximum absolute atomic E-state index is 15.4. The molecule has 3 aromatic rings. The van der Waals surface area contributed by atoms with E-state index in [0.717, 1.165) is 27.5 Å². The third-order valence-electron chi connectivity index (χ3n) is 11.0. The molecule has 1 aromatic carbocycles. The third kappa shape index (κ3) is 16.3. The van der Waals surface area contributed by atoms with Gasteiger partial charge in [-0.2, -0.15) is 5.20 Å². The Balaban J connectivity index is 0.000000364. The van der Waals surface area contributed by atoms with Gasteiger partial charge in [-0.15, -0.1) is 0 Å². The highest BCUT2D eigenvalue weighted by atomic mass is 31.2. The molecule has 0 unspecified atom stereocenters. The number of ketones is 1. The van der Waals surface area contributed by atoms with Crippen molar-refractivity contribution in [3.8, 4) is 5.75 Å². The summed E-state index contributed by atoms with van der Waals surface area (Å²) in [7, 11) is -6.50. The van der Waals surface area contributed by atoms with Gasteiger partial charge in [-0.3, -0.25) is 47.4 Å². The number of esters is 1. The van der Waals surface area contributed by atoms with Gasteiger partial charge in [0.2, 0.25) is 0 Å². The average Bonchev–Trinajstić information content (AvgIpc) is 3.60. The van der Waals surface area contributed by atoms with Gasteiger partial charge in [0.25, 0.3) is 18.6 Å². The van der Waals surface area contributed by atoms with Crippen LogP contribution in [0, 0.1) is 17.8 Å². The number of aliphatic hydroxyl groups is 1. The van der Waals surface area contributed by atoms with Crippen LogP contribution in [0.1, 0.15) is 89.1 Å². The van der Waals surface area contributed by atoms with Crippen molar-refractivity contribution in [3.05, 3.63) is 96.5 Å². The number of aromatic amines is 2. The fourth-order valence-corrected chi connectivity index (χ4v) is 9.09. The lowest BCUT2D eigenvalue weighted by Crippen LogP contribution is -2.44. The number of aromatic nitrogens is 4. The summed E-state index contributed by atoms with van der Waals surface area (Å²) in [5.74, 6) is -1.36. The lowest BCUT2D eigenvalue weighted by Gasteiger charge is -2.25. The summed E-state index contributed by atoms with van der Waals surface area (Å²) in [5.41, 5.74) is -3.73. The first-order chi connectivity index (χ1) is 30.9. The number of ether oxygens (including phenoxy) is 3. The quantitative estimate of drug-likeness (QED) is 0.0613. The van der Waals surface area contributed by atoms with Gasteiger partial charge >= 0.3 is 24.9 Å². The van der Waals surface area contributed by atoms with Crippen molar-refractivity contribution in [2.45, 2.75) is 131 Å². The molecule has 2 aliphatic heterocycles. The largest absolute Gasteiger partial charge is 0.462 e. The van der Waals surface area contributed by atoms with Gasteiger partial charge in [-0.05, 0) is 53.7 Å². The van der Waals surface area contributed by atoms with E-state index in [4.69, 9.17) is 28.4 Å². The number of alkyl halides is 2. The van der Waals surface area contributed by atoms with Gasteiger partial charge in [-0.25, -0.2) is 28.9 Å². The van der Waals surface area contributed by atoms with Crippen LogP contribution in [0.3, 0.4) is 0 Å². The molecule has 2 aliphatic rings. The number of carbonyl (C=O) groups is 2. The Morgan fingerprint density at radius 1 is 0.794 bits per heavy atom. The molecule has 68 heavy (non-hydrogen) atoms. The van der Waals surface area contributed by atoms with Crippen molar-refractivity contribution in [1.29, 1.82) is 0 Å². The molecule has 2 aromatic heterocycles. The van der Waals surface area contributed by atoms with Gasteiger partial charge in [0, 0.05) is 55.6 Å². The number of carbonyl (C=O) groups excluding carboxylic acids is 2. The number of nitrogens with one attached hydrogen (secondary N) is 5. The number of para-hydroxylation sites is 1. The summed E-state index contributed by atoms with van der Waals surface area (Å²) in [5, 5.41) is 14.3. The smallest absolute Gasteiger partial charge is 0.330 e. The summed E-state index contributed by atoms with van der Waals surface area (Å²) in [6.45, 7) is 18.3. The molecule has 0 saturated carbocycles. The lowest BCUT2D eigenvalue weighted by molar-refractivity contribution is -0.149. The van der Waals surface area contributed by atoms with E-state index in [0.29, 0.717) is 5.75 Å². The zero-order valence-corrected chi connectivity index (χ0v) is 41.5. The molecule has 2 fully saturated rings. The highest BCUT2D eigenvalue weighted by molar-refractivity contribution is 7.56. The fraction of sp³-hybridized carbons (Fsp3) is 0.628. The van der Waals surface area contributed by atoms with Gasteiger partial charge in [-0.1, -0.05) is 53.3 Å². The molecule has 0 amide bonds. The molecule has 384 valence electrons. The van der Waals surface area contributed by atoms with E-state index in [1.54, 1.807) is 58.9 Å². The SMILES string of the molecule is C.CC(C)C(=O)[C@H](C)NN[P@](C)(=O)Oc1ccccc1.CC(C)OC(=O)[C@H](C)N[P@](C)(=O)OC[C@H]1O[C@@H](n2ccc(=O)[nH]c2=O)[C@](C)(F)[C@@H]1C.C[C@@H]1[C@@H](CO)O[C@@H](n2ccc(=O)[nH]c2=O)[C@]1(C)F. The molecule has 25 heteroatoms. The third-order valence-corrected chi connectivity index (χ3v) is 13.6. The second-order valence-electron chi connectivity index (χ2n) is 17.4. The van der Waals surface area contributed by atoms with Crippen molar-refractivity contribution in [3.63, 3.8) is 0 Å². The molecule has 6 N–H and O–H groups in total. The van der Waals surface area contributed by atoms with Gasteiger partial charge in [0.1, 0.15) is 11.8 Å². The molecule has 12 atom stereocenters. The van der Waals surface area contributed by atoms with Crippen LogP contribution >= 0.6 is 15.0 Å². The van der Waals surface area contributed by atoms with E-state index < -0.39 is 103 Å². The number of hydrogen-bond acceptors (Lipinski definition) is 15. The first-order valence-electron chi connectivity index (χ1n) is 21.5. The van der Waals surface area contributed by atoms with Crippen molar-refractivity contribution in [2.24, 2.45) is 17.8 Å². The summed E-state index contributed by atoms with van der Waals surface area (Å²) >= 11 is 0. The van der Waals surface area contributed by atoms with E-state index in [1.807, 2.05) is 24.9 Å². The minimum absolute atomic E-state index is 0. The lowest BCUT2D eigenvalue weighted by atomic mass is 9.90. The normalized spacial score (nSPS) is 27.0. The van der Waals surface area contributed by atoms with Crippen molar-refractivity contribution < 1.29 is 55.9 Å². The summed E-state index contributed by atoms with van der Waals surface area (Å²) in [6.07, 6.45) is -1.92. The molecule has 0 spiro atoms. The number of nitrogens with zero attached hydrogens (tertiary/aromatic N) is 2. The maximum atomic E-state index is 15.4. The molecule has 0 radical (unpaired) electrons. The van der Waals surface area contributed by atoms with Crippen LogP contribution in [0.4, 0.5) is 8.78 Å². The highest BCUT2D eigenvalue weighted by Gasteiger charge is 2.54. The van der Waals surface area contributed by atoms with Crippen LogP contribution in [-0.4, -0.2) is 104 Å². The van der Waals surface area contributed by atoms with Crippen LogP contribution in [0.25, 0.3) is 0 Å². The number of Topliss-reactive ketones (excluding diaryl/α,β-unsaturated/α-hetero) is 1. The molecule has 0 bridgehead atoms. The van der Waals surface area contributed by atoms with E-state index in [2.05, 4.69) is 20.7 Å². The molecular weight excluding hydrogens is 938 g/mol. The number of rotatable bonds is 17. The van der Waals surface area contributed by atoms with Crippen LogP contribution in [0.2, 0.25) is 0 Å². The van der Waals surface area contributed by atoms with E-state index in [1.165, 1.54) is 40.3 Å². The van der Waals surface area contributed by atoms with E-state index >= 15 is 4.39 Å². The molecular formula is C43H69F2N7O14P2. The number of hydrogen-bond donors (Lipinski definition) is 6. The topological polar surface area (TPSA) is 280 Å². The maximum Gasteiger partial charge on any atom is 0.330 e. The average molecular weight is 1010 g/mol. The van der Waals surface area contributed by atoms with Gasteiger partial charge < -0.3 is 28.4 Å². The molecule has 4 heterocycles. The zero-order valence-electron chi connectivity index (χ0n) is 39.7. The predicted octanol–water partition coefficient (Wildman–Crippen LogP) is 4.59. The Labute approximate surface area is 394 Å². The van der Waals surface area contributed by atoms with Crippen LogP contribution in [-0.2, 0) is 37.5 Å². The number of aliphatic hydroxyl groups excluding tert-OH is 1. The summed E-state index contributed by atoms with van der Waals surface area (Å²) < 4.78 is 83.7. The second kappa shape index (κ2) is 24.9. The predicted molar refractivity (Wildman–Crippen MR) is 251 cm³/mol. The number of benzene rings is 1. The standard InChI is InChI=1S/C18H29FN3O7P.C13H21N2O3P.C11H15FN2O4.CH4/c1-10(2)28-15(24)12(4)21-30(6,26)27-9-13-11(3)18(5,19)16(29-13)22-8-7-14(23)20-17(22)25;1-10(2)13(16)11(3)14-15-19(4,17)18-12-8-6-5-7-9-12;1-6-7(5-15)18-9(11(6,2)12)14-4-3-8(16)13-10(14)17;/h7-8,10-13,16H,9H2,1-6H3,(H,21,26)(H,20,23,25);5-11,14H,1-4H3,(H,15,17);3-4,6-7,9,15H,5H2,1-2H3,(H,13,16,17);1H4/t11-,12+,13-,16-,18-,30-;11-,19+;6-,7-,9-,11-;/m101./s1. The molecule has 0 aliphatic carbocycles. The summed E-state index contributed by atoms with van der Waals surface area (Å²) in [4.78, 5) is 73.6. The van der Waals surface area contributed by atoms with Crippen molar-refractivity contribution >= 4 is 26.8 Å². The summed E-state index contributed by atoms with van der Waals surface area (Å²) in [6, 6.07) is 9.82. The minimum atomic E-state index is -3.44. The number of hydrazine groups is 1. The second-order valence-corrected chi connectivity index (χ2v) is 21.7. The number of H-pyrrole nitrogens is 2. The monoisotopic (exact) mass is 1010 g/mol. The Morgan fingerprint density at radius 2 is 1.26 bits per heavy atom. The fourth-order valence-electron chi connectivity index (χ4n) is 6.78. The Hall–Kier alpha value is -4.44. The first-order valence-corrected chi connectivity index (χ1v) is 25.6. The van der Waals surface area contributed by atoms with Crippen LogP contribution in [0.15, 0.2) is 74.0 Å². The molecule has 5 rings (SSSR count). The van der Waals surface area contributed by atoms with E-state index in [-0.39, 0.29) is 38.4 Å². The highest BCUT2D eigenvalue weighted by Crippen LogP contribution is 2.47. The minimum Gasteiger partial charge on any atom is -0.462 e. The Morgan fingerprint density at radius 3 is 1.69 bits per heavy atom. The van der Waals surface area contributed by atoms with Gasteiger partial charge in [0.05, 0.1) is 37.6 Å². The molecule has 2 saturated heterocycles. The Bertz CT molecular complexity index is 2460. The Kier molecular flexibility index (Phi) is 21.9. The van der Waals surface area contributed by atoms with Crippen LogP contribution < -0.4 is 42.7 Å². The van der Waals surface area contributed by atoms with Crippen molar-refractivity contribution in [1.82, 2.24) is 34.8 Å².